The van der Waals surface area contributed by atoms with Gasteiger partial charge in [-0.05, 0) is 23.3 Å². The first kappa shape index (κ1) is 13.5. The van der Waals surface area contributed by atoms with Gasteiger partial charge in [-0.3, -0.25) is 0 Å². The Morgan fingerprint density at radius 3 is 2.64 bits per heavy atom. The van der Waals surface area contributed by atoms with Gasteiger partial charge in [0.25, 0.3) is 0 Å². The molecule has 3 rings (SSSR count). The van der Waals surface area contributed by atoms with Gasteiger partial charge in [-0.15, -0.1) is 5.10 Å². The molecule has 0 aliphatic rings. The fourth-order valence-electron chi connectivity index (χ4n) is 2.20. The van der Waals surface area contributed by atoms with E-state index < -0.39 is 5.97 Å². The third-order valence-corrected chi connectivity index (χ3v) is 3.22. The quantitative estimate of drug-likeness (QED) is 0.800. The molecule has 22 heavy (non-hydrogen) atoms. The van der Waals surface area contributed by atoms with Gasteiger partial charge in [0.1, 0.15) is 0 Å². The van der Waals surface area contributed by atoms with Crippen LogP contribution in [0, 0.1) is 11.3 Å². The lowest BCUT2D eigenvalue weighted by Crippen LogP contribution is -2.08. The summed E-state index contributed by atoms with van der Waals surface area (Å²) in [6.45, 7) is 0. The number of hydrogen-bond donors (Lipinski definition) is 1. The van der Waals surface area contributed by atoms with Crippen molar-refractivity contribution in [2.75, 3.05) is 0 Å². The van der Waals surface area contributed by atoms with Crippen molar-refractivity contribution < 1.29 is 9.90 Å². The van der Waals surface area contributed by atoms with E-state index in [0.29, 0.717) is 11.3 Å². The number of rotatable bonds is 3. The summed E-state index contributed by atoms with van der Waals surface area (Å²) in [4.78, 5) is 11.1. The van der Waals surface area contributed by atoms with Crippen molar-refractivity contribution in [1.29, 1.82) is 5.26 Å². The molecule has 0 bridgehead atoms. The van der Waals surface area contributed by atoms with Crippen LogP contribution >= 0.6 is 0 Å². The predicted molar refractivity (Wildman–Crippen MR) is 78.5 cm³/mol. The minimum atomic E-state index is -1.13. The molecule has 0 atom stereocenters. The molecule has 1 aromatic heterocycles. The molecule has 2 aromatic carbocycles. The number of carboxylic acids is 1. The minimum absolute atomic E-state index is 0.0589. The van der Waals surface area contributed by atoms with Crippen LogP contribution in [0.2, 0.25) is 0 Å². The molecule has 6 nitrogen and oxygen atoms in total. The summed E-state index contributed by atoms with van der Waals surface area (Å²) in [5, 5.41) is 25.8. The van der Waals surface area contributed by atoms with Crippen molar-refractivity contribution in [3.8, 4) is 22.9 Å². The Hall–Kier alpha value is -3.46. The molecular formula is C16H10N4O2. The Balaban J connectivity index is 2.12. The monoisotopic (exact) mass is 290 g/mol. The van der Waals surface area contributed by atoms with Crippen LogP contribution in [-0.4, -0.2) is 26.1 Å². The highest BCUT2D eigenvalue weighted by atomic mass is 16.4. The number of carbonyl (C=O) groups is 1. The zero-order valence-electron chi connectivity index (χ0n) is 11.3. The number of carboxylic acid groups (broad SMARTS) is 1. The zero-order valence-corrected chi connectivity index (χ0v) is 11.3. The maximum Gasteiger partial charge on any atom is 0.356 e. The molecule has 0 saturated carbocycles. The molecular weight excluding hydrogens is 280 g/mol. The van der Waals surface area contributed by atoms with E-state index in [-0.39, 0.29) is 5.69 Å². The highest BCUT2D eigenvalue weighted by molar-refractivity contribution is 5.86. The lowest BCUT2D eigenvalue weighted by Gasteiger charge is -2.08. The van der Waals surface area contributed by atoms with E-state index in [1.807, 2.05) is 30.3 Å². The minimum Gasteiger partial charge on any atom is -0.476 e. The summed E-state index contributed by atoms with van der Waals surface area (Å²) in [6, 6.07) is 16.7. The van der Waals surface area contributed by atoms with Gasteiger partial charge in [-0.2, -0.15) is 5.26 Å². The van der Waals surface area contributed by atoms with Crippen LogP contribution < -0.4 is 0 Å². The molecule has 106 valence electrons. The summed E-state index contributed by atoms with van der Waals surface area (Å²) in [6.07, 6.45) is 1.17. The van der Waals surface area contributed by atoms with Gasteiger partial charge < -0.3 is 5.11 Å². The third kappa shape index (κ3) is 2.31. The molecule has 0 aliphatic heterocycles. The number of nitriles is 1. The molecule has 0 amide bonds. The van der Waals surface area contributed by atoms with Crippen LogP contribution in [0.3, 0.4) is 0 Å². The summed E-state index contributed by atoms with van der Waals surface area (Å²) in [5.41, 5.74) is 2.56. The second kappa shape index (κ2) is 5.50. The van der Waals surface area contributed by atoms with Crippen LogP contribution in [-0.2, 0) is 0 Å². The lowest BCUT2D eigenvalue weighted by molar-refractivity contribution is 0.0687. The number of hydrogen-bond acceptors (Lipinski definition) is 4. The second-order valence-corrected chi connectivity index (χ2v) is 4.54. The Labute approximate surface area is 125 Å². The van der Waals surface area contributed by atoms with Crippen molar-refractivity contribution >= 4 is 5.97 Å². The number of aromatic nitrogens is 3. The molecule has 0 saturated heterocycles. The Kier molecular flexibility index (Phi) is 3.38. The maximum absolute atomic E-state index is 11.1. The molecule has 0 fully saturated rings. The smallest absolute Gasteiger partial charge is 0.356 e. The SMILES string of the molecule is N#Cc1cc(-n2nncc2C(=O)O)ccc1-c1ccccc1. The maximum atomic E-state index is 11.1. The van der Waals surface area contributed by atoms with Crippen molar-refractivity contribution in [1.82, 2.24) is 15.0 Å². The number of benzene rings is 2. The number of nitrogens with zero attached hydrogens (tertiary/aromatic N) is 4. The third-order valence-electron chi connectivity index (χ3n) is 3.22. The average molecular weight is 290 g/mol. The van der Waals surface area contributed by atoms with Crippen LogP contribution in [0.25, 0.3) is 16.8 Å². The van der Waals surface area contributed by atoms with Crippen molar-refractivity contribution in [2.24, 2.45) is 0 Å². The van der Waals surface area contributed by atoms with E-state index in [2.05, 4.69) is 16.4 Å². The second-order valence-electron chi connectivity index (χ2n) is 4.54. The highest BCUT2D eigenvalue weighted by Crippen LogP contribution is 2.25. The fraction of sp³-hybridized carbons (Fsp3) is 0. The van der Waals surface area contributed by atoms with Gasteiger partial charge in [0.05, 0.1) is 23.5 Å². The molecule has 3 aromatic rings. The fourth-order valence-corrected chi connectivity index (χ4v) is 2.20. The Morgan fingerprint density at radius 2 is 1.95 bits per heavy atom. The Morgan fingerprint density at radius 1 is 1.18 bits per heavy atom. The molecule has 0 spiro atoms. The molecule has 0 aliphatic carbocycles. The lowest BCUT2D eigenvalue weighted by atomic mass is 10.00. The number of aromatic carboxylic acids is 1. The largest absolute Gasteiger partial charge is 0.476 e. The molecule has 6 heteroatoms. The van der Waals surface area contributed by atoms with Gasteiger partial charge >= 0.3 is 5.97 Å². The van der Waals surface area contributed by atoms with E-state index in [1.165, 1.54) is 10.9 Å². The van der Waals surface area contributed by atoms with Crippen LogP contribution in [0.15, 0.2) is 54.7 Å². The average Bonchev–Trinajstić information content (AvgIpc) is 3.05. The van der Waals surface area contributed by atoms with Gasteiger partial charge in [0.15, 0.2) is 5.69 Å². The van der Waals surface area contributed by atoms with Crippen LogP contribution in [0.1, 0.15) is 16.1 Å². The van der Waals surface area contributed by atoms with E-state index in [9.17, 15) is 10.1 Å². The van der Waals surface area contributed by atoms with Crippen molar-refractivity contribution in [3.05, 3.63) is 66.0 Å². The summed E-state index contributed by atoms with van der Waals surface area (Å²) in [7, 11) is 0. The normalized spacial score (nSPS) is 10.1. The van der Waals surface area contributed by atoms with Gasteiger partial charge in [-0.25, -0.2) is 9.48 Å². The first-order valence-electron chi connectivity index (χ1n) is 6.44. The van der Waals surface area contributed by atoms with Crippen molar-refractivity contribution in [2.45, 2.75) is 0 Å². The van der Waals surface area contributed by atoms with Gasteiger partial charge in [0, 0.05) is 0 Å². The van der Waals surface area contributed by atoms with Gasteiger partial charge in [-0.1, -0.05) is 41.6 Å². The predicted octanol–water partition coefficient (Wildman–Crippen LogP) is 2.50. The topological polar surface area (TPSA) is 91.8 Å². The Bertz CT molecular complexity index is 879. The van der Waals surface area contributed by atoms with Gasteiger partial charge in [0.2, 0.25) is 0 Å². The highest BCUT2D eigenvalue weighted by Gasteiger charge is 2.14. The molecule has 0 unspecified atom stereocenters. The van der Waals surface area contributed by atoms with E-state index in [1.54, 1.807) is 18.2 Å². The summed E-state index contributed by atoms with van der Waals surface area (Å²) < 4.78 is 1.19. The van der Waals surface area contributed by atoms with E-state index in [0.717, 1.165) is 11.1 Å². The molecule has 1 heterocycles. The van der Waals surface area contributed by atoms with Crippen LogP contribution in [0.5, 0.6) is 0 Å². The summed E-state index contributed by atoms with van der Waals surface area (Å²) >= 11 is 0. The van der Waals surface area contributed by atoms with E-state index in [4.69, 9.17) is 5.11 Å². The van der Waals surface area contributed by atoms with Crippen LogP contribution in [0.4, 0.5) is 0 Å². The summed E-state index contributed by atoms with van der Waals surface area (Å²) in [5.74, 6) is -1.13. The first-order chi connectivity index (χ1) is 10.7. The van der Waals surface area contributed by atoms with Crippen molar-refractivity contribution in [3.63, 3.8) is 0 Å². The molecule has 1 N–H and O–H groups in total. The van der Waals surface area contributed by atoms with E-state index >= 15 is 0 Å². The first-order valence-corrected chi connectivity index (χ1v) is 6.44. The molecule has 0 radical (unpaired) electrons. The standard InChI is InChI=1S/C16H10N4O2/c17-9-12-8-13(20-15(16(21)22)10-18-19-20)6-7-14(12)11-4-2-1-3-5-11/h1-8,10H,(H,21,22). The zero-order chi connectivity index (χ0) is 15.5.